The summed E-state index contributed by atoms with van der Waals surface area (Å²) in [5.74, 6) is 0.393. The molecule has 9 nitrogen and oxygen atoms in total. The number of rotatable bonds is 5. The number of phenolic OH excluding ortho intramolecular Hbond substituents is 1. The second-order valence-corrected chi connectivity index (χ2v) is 6.30. The molecule has 3 rings (SSSR count). The summed E-state index contributed by atoms with van der Waals surface area (Å²) < 4.78 is 2.87. The number of imidazole rings is 1. The molecule has 2 heterocycles. The summed E-state index contributed by atoms with van der Waals surface area (Å²) in [5.41, 5.74) is 4.13. The number of aromatic amines is 1. The van der Waals surface area contributed by atoms with E-state index >= 15 is 0 Å². The molecule has 0 spiro atoms. The minimum Gasteiger partial charge on any atom is -0.507 e. The number of nitrogens with zero attached hydrogens (tertiary/aromatic N) is 4. The molecule has 0 atom stereocenters. The average Bonchev–Trinajstić information content (AvgIpc) is 2.96. The fourth-order valence-electron chi connectivity index (χ4n) is 2.72. The van der Waals surface area contributed by atoms with Gasteiger partial charge in [0.1, 0.15) is 5.75 Å². The highest BCUT2D eigenvalue weighted by Gasteiger charge is 2.17. The molecule has 0 saturated heterocycles. The van der Waals surface area contributed by atoms with Crippen molar-refractivity contribution in [2.75, 3.05) is 5.43 Å². The van der Waals surface area contributed by atoms with Crippen LogP contribution in [-0.4, -0.2) is 29.9 Å². The Balaban J connectivity index is 2.12. The Morgan fingerprint density at radius 1 is 1.33 bits per heavy atom. The molecule has 27 heavy (non-hydrogen) atoms. The maximum Gasteiger partial charge on any atom is 0.329 e. The van der Waals surface area contributed by atoms with Crippen LogP contribution in [0.2, 0.25) is 0 Å². The van der Waals surface area contributed by atoms with Crippen LogP contribution in [0.5, 0.6) is 5.75 Å². The number of aromatic nitrogens is 4. The molecular formula is C18H20N6O3. The van der Waals surface area contributed by atoms with Crippen LogP contribution >= 0.6 is 0 Å². The van der Waals surface area contributed by atoms with Crippen LogP contribution in [0, 0.1) is 0 Å². The number of allylic oxidation sites excluding steroid dienone is 1. The van der Waals surface area contributed by atoms with E-state index in [1.165, 1.54) is 11.6 Å². The molecule has 0 saturated carbocycles. The molecule has 3 N–H and O–H groups in total. The van der Waals surface area contributed by atoms with Crippen molar-refractivity contribution in [2.45, 2.75) is 20.4 Å². The van der Waals surface area contributed by atoms with Crippen molar-refractivity contribution in [3.8, 4) is 5.75 Å². The minimum absolute atomic E-state index is 0.106. The predicted molar refractivity (Wildman–Crippen MR) is 104 cm³/mol. The maximum atomic E-state index is 12.3. The summed E-state index contributed by atoms with van der Waals surface area (Å²) in [6.07, 6.45) is 0. The summed E-state index contributed by atoms with van der Waals surface area (Å²) in [6, 6.07) is 6.82. The molecule has 3 aromatic rings. The topological polar surface area (TPSA) is 117 Å². The van der Waals surface area contributed by atoms with Crippen molar-refractivity contribution in [3.63, 3.8) is 0 Å². The highest BCUT2D eigenvalue weighted by molar-refractivity contribution is 6.01. The van der Waals surface area contributed by atoms with Gasteiger partial charge in [-0.05, 0) is 26.0 Å². The first-order chi connectivity index (χ1) is 12.8. The fourth-order valence-corrected chi connectivity index (χ4v) is 2.72. The van der Waals surface area contributed by atoms with Crippen LogP contribution in [0.1, 0.15) is 19.4 Å². The lowest BCUT2D eigenvalue weighted by molar-refractivity contribution is 0.474. The van der Waals surface area contributed by atoms with E-state index in [4.69, 9.17) is 0 Å². The zero-order valence-corrected chi connectivity index (χ0v) is 15.3. The number of phenols is 1. The number of hydrazone groups is 1. The van der Waals surface area contributed by atoms with Crippen molar-refractivity contribution in [1.82, 2.24) is 19.1 Å². The molecule has 0 bridgehead atoms. The van der Waals surface area contributed by atoms with Crippen LogP contribution < -0.4 is 16.7 Å². The van der Waals surface area contributed by atoms with Gasteiger partial charge in [-0.2, -0.15) is 10.1 Å². The first-order valence-electron chi connectivity index (χ1n) is 8.22. The number of hydrogen-bond acceptors (Lipinski definition) is 6. The van der Waals surface area contributed by atoms with E-state index in [-0.39, 0.29) is 22.9 Å². The normalized spacial score (nSPS) is 11.7. The van der Waals surface area contributed by atoms with Crippen molar-refractivity contribution in [3.05, 3.63) is 62.8 Å². The Morgan fingerprint density at radius 3 is 2.70 bits per heavy atom. The third-order valence-corrected chi connectivity index (χ3v) is 4.05. The summed E-state index contributed by atoms with van der Waals surface area (Å²) in [7, 11) is 1.53. The predicted octanol–water partition coefficient (Wildman–Crippen LogP) is 1.54. The average molecular weight is 368 g/mol. The van der Waals surface area contributed by atoms with Gasteiger partial charge in [0, 0.05) is 19.2 Å². The Labute approximate surface area is 154 Å². The van der Waals surface area contributed by atoms with Crippen LogP contribution in [0.15, 0.2) is 51.1 Å². The number of aryl methyl sites for hydroxylation is 1. The smallest absolute Gasteiger partial charge is 0.329 e. The number of benzene rings is 1. The van der Waals surface area contributed by atoms with Gasteiger partial charge in [-0.3, -0.25) is 18.9 Å². The van der Waals surface area contributed by atoms with Gasteiger partial charge in [0.2, 0.25) is 5.95 Å². The molecule has 1 aromatic carbocycles. The highest BCUT2D eigenvalue weighted by atomic mass is 16.3. The summed E-state index contributed by atoms with van der Waals surface area (Å²) in [4.78, 5) is 30.8. The number of fused-ring (bicyclic) bond motifs is 1. The summed E-state index contributed by atoms with van der Waals surface area (Å²) in [6.45, 7) is 7.75. The zero-order chi connectivity index (χ0) is 19.7. The molecule has 0 aliphatic heterocycles. The van der Waals surface area contributed by atoms with E-state index < -0.39 is 11.2 Å². The number of nitrogens with one attached hydrogen (secondary N) is 2. The van der Waals surface area contributed by atoms with Crippen molar-refractivity contribution in [2.24, 2.45) is 12.1 Å². The number of hydrogen-bond donors (Lipinski definition) is 3. The molecule has 140 valence electrons. The van der Waals surface area contributed by atoms with Gasteiger partial charge in [-0.25, -0.2) is 10.2 Å². The van der Waals surface area contributed by atoms with E-state index in [0.717, 1.165) is 5.57 Å². The molecule has 0 fully saturated rings. The Kier molecular flexibility index (Phi) is 4.68. The SMILES string of the molecule is C=C(C)Cn1c(NN=C(C)c2ccccc2O)nc2c1c(=O)[nH]c(=O)n2C. The highest BCUT2D eigenvalue weighted by Crippen LogP contribution is 2.19. The van der Waals surface area contributed by atoms with Gasteiger partial charge in [-0.1, -0.05) is 24.3 Å². The molecule has 0 radical (unpaired) electrons. The third-order valence-electron chi connectivity index (χ3n) is 4.05. The lowest BCUT2D eigenvalue weighted by atomic mass is 10.1. The van der Waals surface area contributed by atoms with Crippen LogP contribution in [-0.2, 0) is 13.6 Å². The molecule has 9 heteroatoms. The fraction of sp³-hybridized carbons (Fsp3) is 0.222. The van der Waals surface area contributed by atoms with Crippen molar-refractivity contribution in [1.29, 1.82) is 0 Å². The lowest BCUT2D eigenvalue weighted by Crippen LogP contribution is -2.29. The molecule has 0 unspecified atom stereocenters. The van der Waals surface area contributed by atoms with Gasteiger partial charge >= 0.3 is 5.69 Å². The minimum atomic E-state index is -0.548. The maximum absolute atomic E-state index is 12.3. The standard InChI is InChI=1S/C18H20N6O3/c1-10(2)9-24-14-15(23(4)18(27)20-16(14)26)19-17(24)22-21-11(3)12-7-5-6-8-13(12)25/h5-8,25H,1,9H2,2-4H3,(H,19,22)(H,20,26,27). The first kappa shape index (κ1) is 18.2. The number of aromatic hydroxyl groups is 1. The van der Waals surface area contributed by atoms with E-state index in [2.05, 4.69) is 27.1 Å². The number of para-hydroxylation sites is 1. The van der Waals surface area contributed by atoms with E-state index in [1.807, 2.05) is 6.92 Å². The van der Waals surface area contributed by atoms with E-state index in [9.17, 15) is 14.7 Å². The van der Waals surface area contributed by atoms with Gasteiger partial charge < -0.3 is 5.11 Å². The monoisotopic (exact) mass is 368 g/mol. The van der Waals surface area contributed by atoms with Crippen molar-refractivity contribution >= 4 is 22.8 Å². The second-order valence-electron chi connectivity index (χ2n) is 6.30. The van der Waals surface area contributed by atoms with Crippen molar-refractivity contribution < 1.29 is 5.11 Å². The Morgan fingerprint density at radius 2 is 2.04 bits per heavy atom. The molecule has 0 aliphatic carbocycles. The van der Waals surface area contributed by atoms with Crippen LogP contribution in [0.3, 0.4) is 0 Å². The largest absolute Gasteiger partial charge is 0.507 e. The van der Waals surface area contributed by atoms with Crippen LogP contribution in [0.4, 0.5) is 5.95 Å². The molecular weight excluding hydrogens is 348 g/mol. The Bertz CT molecular complexity index is 1180. The summed E-state index contributed by atoms with van der Waals surface area (Å²) >= 11 is 0. The molecule has 0 amide bonds. The zero-order valence-electron chi connectivity index (χ0n) is 15.3. The quantitative estimate of drug-likeness (QED) is 0.359. The van der Waals surface area contributed by atoms with Gasteiger partial charge in [-0.15, -0.1) is 0 Å². The Hall–Kier alpha value is -3.62. The van der Waals surface area contributed by atoms with Gasteiger partial charge in [0.15, 0.2) is 11.2 Å². The third kappa shape index (κ3) is 3.39. The summed E-state index contributed by atoms with van der Waals surface area (Å²) in [5, 5.41) is 14.2. The molecule has 2 aromatic heterocycles. The van der Waals surface area contributed by atoms with E-state index in [1.54, 1.807) is 35.8 Å². The van der Waals surface area contributed by atoms with Gasteiger partial charge in [0.25, 0.3) is 5.56 Å². The number of H-pyrrole nitrogens is 1. The number of anilines is 1. The second kappa shape index (κ2) is 6.94. The lowest BCUT2D eigenvalue weighted by Gasteiger charge is -2.09. The van der Waals surface area contributed by atoms with Crippen LogP contribution in [0.25, 0.3) is 11.2 Å². The van der Waals surface area contributed by atoms with E-state index in [0.29, 0.717) is 17.8 Å². The van der Waals surface area contributed by atoms with Gasteiger partial charge in [0.05, 0.1) is 5.71 Å². The first-order valence-corrected chi connectivity index (χ1v) is 8.22. The molecule has 0 aliphatic rings.